The minimum atomic E-state index is -0.777. The van der Waals surface area contributed by atoms with Gasteiger partial charge in [-0.05, 0) is 36.6 Å². The Labute approximate surface area is 180 Å². The highest BCUT2D eigenvalue weighted by atomic mass is 16.6. The summed E-state index contributed by atoms with van der Waals surface area (Å²) in [5, 5.41) is 11.1. The van der Waals surface area contributed by atoms with Gasteiger partial charge < -0.3 is 19.3 Å². The zero-order chi connectivity index (χ0) is 22.5. The first-order valence-corrected chi connectivity index (χ1v) is 9.85. The molecule has 164 valence electrons. The van der Waals surface area contributed by atoms with Crippen molar-refractivity contribution in [3.05, 3.63) is 63.7 Å². The first-order valence-electron chi connectivity index (χ1n) is 9.85. The summed E-state index contributed by atoms with van der Waals surface area (Å²) < 4.78 is 10.4. The fraction of sp³-hybridized carbons (Fsp3) is 0.364. The molecule has 9 nitrogen and oxygen atoms in total. The summed E-state index contributed by atoms with van der Waals surface area (Å²) in [6.45, 7) is -0.0220. The monoisotopic (exact) mass is 427 g/mol. The van der Waals surface area contributed by atoms with Gasteiger partial charge in [-0.3, -0.25) is 14.9 Å². The largest absolute Gasteiger partial charge is 0.497 e. The van der Waals surface area contributed by atoms with E-state index < -0.39 is 17.5 Å². The van der Waals surface area contributed by atoms with Crippen LogP contribution >= 0.6 is 0 Å². The summed E-state index contributed by atoms with van der Waals surface area (Å²) in [6.07, 6.45) is 1.82. The summed E-state index contributed by atoms with van der Waals surface area (Å²) in [5.74, 6) is -0.347. The Bertz CT molecular complexity index is 970. The second-order valence-electron chi connectivity index (χ2n) is 7.53. The highest BCUT2D eigenvalue weighted by Crippen LogP contribution is 2.29. The molecular weight excluding hydrogens is 402 g/mol. The highest BCUT2D eigenvalue weighted by molar-refractivity contribution is 5.97. The van der Waals surface area contributed by atoms with Crippen LogP contribution in [-0.4, -0.2) is 55.6 Å². The SMILES string of the molecule is COc1ccc(CN(C(=O)COC(=O)c2cc([N+](=O)[O-])ccc2N(C)C)C2CC2)cc1. The van der Waals surface area contributed by atoms with Gasteiger partial charge in [-0.2, -0.15) is 0 Å². The maximum Gasteiger partial charge on any atom is 0.341 e. The van der Waals surface area contributed by atoms with E-state index in [1.165, 1.54) is 12.1 Å². The first-order chi connectivity index (χ1) is 14.8. The lowest BCUT2D eigenvalue weighted by Gasteiger charge is -2.23. The van der Waals surface area contributed by atoms with Crippen LogP contribution < -0.4 is 9.64 Å². The molecule has 2 aromatic rings. The summed E-state index contributed by atoms with van der Waals surface area (Å²) >= 11 is 0. The van der Waals surface area contributed by atoms with Gasteiger partial charge in [0.2, 0.25) is 0 Å². The maximum absolute atomic E-state index is 12.8. The average Bonchev–Trinajstić information content (AvgIpc) is 3.60. The van der Waals surface area contributed by atoms with Crippen molar-refractivity contribution in [2.45, 2.75) is 25.4 Å². The maximum atomic E-state index is 12.8. The van der Waals surface area contributed by atoms with E-state index >= 15 is 0 Å². The van der Waals surface area contributed by atoms with Crippen LogP contribution in [0.25, 0.3) is 0 Å². The van der Waals surface area contributed by atoms with E-state index in [1.54, 1.807) is 31.0 Å². The number of benzene rings is 2. The van der Waals surface area contributed by atoms with Crippen molar-refractivity contribution in [1.82, 2.24) is 4.90 Å². The number of ether oxygens (including phenoxy) is 2. The average molecular weight is 427 g/mol. The number of nitro groups is 1. The van der Waals surface area contributed by atoms with Gasteiger partial charge in [0.05, 0.1) is 23.3 Å². The summed E-state index contributed by atoms with van der Waals surface area (Å²) in [6, 6.07) is 11.5. The zero-order valence-electron chi connectivity index (χ0n) is 17.7. The molecule has 31 heavy (non-hydrogen) atoms. The quantitative estimate of drug-likeness (QED) is 0.344. The van der Waals surface area contributed by atoms with E-state index in [2.05, 4.69) is 0 Å². The van der Waals surface area contributed by atoms with Crippen LogP contribution in [0.2, 0.25) is 0 Å². The number of rotatable bonds is 9. The van der Waals surface area contributed by atoms with Crippen LogP contribution in [0.15, 0.2) is 42.5 Å². The summed E-state index contributed by atoms with van der Waals surface area (Å²) in [5.41, 5.74) is 1.24. The fourth-order valence-electron chi connectivity index (χ4n) is 3.21. The van der Waals surface area contributed by atoms with E-state index in [0.717, 1.165) is 30.2 Å². The van der Waals surface area contributed by atoms with E-state index in [-0.39, 0.29) is 23.2 Å². The number of methoxy groups -OCH3 is 1. The predicted octanol–water partition coefficient (Wildman–Crippen LogP) is 3.02. The first kappa shape index (κ1) is 22.1. The Morgan fingerprint density at radius 3 is 2.35 bits per heavy atom. The Morgan fingerprint density at radius 1 is 1.13 bits per heavy atom. The van der Waals surface area contributed by atoms with Gasteiger partial charge in [-0.15, -0.1) is 0 Å². The Balaban J connectivity index is 1.68. The zero-order valence-corrected chi connectivity index (χ0v) is 17.7. The van der Waals surface area contributed by atoms with Crippen LogP contribution in [0.3, 0.4) is 0 Å². The number of amides is 1. The normalized spacial score (nSPS) is 12.7. The molecule has 2 aromatic carbocycles. The molecule has 9 heteroatoms. The van der Waals surface area contributed by atoms with Crippen LogP contribution in [-0.2, 0) is 16.1 Å². The van der Waals surface area contributed by atoms with Crippen molar-refractivity contribution in [3.63, 3.8) is 0 Å². The lowest BCUT2D eigenvalue weighted by molar-refractivity contribution is -0.384. The molecule has 0 saturated heterocycles. The Hall–Kier alpha value is -3.62. The highest BCUT2D eigenvalue weighted by Gasteiger charge is 2.33. The number of non-ortho nitro benzene ring substituents is 1. The molecule has 1 fully saturated rings. The van der Waals surface area contributed by atoms with Crippen LogP contribution in [0, 0.1) is 10.1 Å². The number of nitro benzene ring substituents is 1. The van der Waals surface area contributed by atoms with E-state index in [9.17, 15) is 19.7 Å². The lowest BCUT2D eigenvalue weighted by atomic mass is 10.1. The second kappa shape index (κ2) is 9.46. The molecule has 0 spiro atoms. The van der Waals surface area contributed by atoms with Crippen molar-refractivity contribution in [2.75, 3.05) is 32.7 Å². The van der Waals surface area contributed by atoms with Crippen molar-refractivity contribution < 1.29 is 24.0 Å². The van der Waals surface area contributed by atoms with Crippen LogP contribution in [0.5, 0.6) is 5.75 Å². The summed E-state index contributed by atoms with van der Waals surface area (Å²) in [7, 11) is 5.02. The number of esters is 1. The molecule has 0 atom stereocenters. The van der Waals surface area contributed by atoms with Crippen molar-refractivity contribution in [1.29, 1.82) is 0 Å². The molecule has 1 aliphatic rings. The minimum absolute atomic E-state index is 0.0418. The van der Waals surface area contributed by atoms with Crippen LogP contribution in [0.4, 0.5) is 11.4 Å². The van der Waals surface area contributed by atoms with Gasteiger partial charge >= 0.3 is 5.97 Å². The van der Waals surface area contributed by atoms with Crippen LogP contribution in [0.1, 0.15) is 28.8 Å². The molecule has 0 N–H and O–H groups in total. The number of carbonyl (C=O) groups is 2. The molecule has 0 heterocycles. The topological polar surface area (TPSA) is 102 Å². The summed E-state index contributed by atoms with van der Waals surface area (Å²) in [4.78, 5) is 39.3. The Morgan fingerprint density at radius 2 is 1.81 bits per heavy atom. The van der Waals surface area contributed by atoms with Gasteiger partial charge in [0, 0.05) is 38.8 Å². The molecular formula is C22H25N3O6. The minimum Gasteiger partial charge on any atom is -0.497 e. The lowest BCUT2D eigenvalue weighted by Crippen LogP contribution is -2.36. The van der Waals surface area contributed by atoms with E-state index in [0.29, 0.717) is 12.2 Å². The molecule has 1 aliphatic carbocycles. The molecule has 0 aromatic heterocycles. The molecule has 3 rings (SSSR count). The standard InChI is InChI=1S/C22H25N3O6/c1-23(2)20-11-8-17(25(28)29)12-19(20)22(27)31-14-21(26)24(16-6-7-16)13-15-4-9-18(30-3)10-5-15/h4-5,8-12,16H,6-7,13-14H2,1-3H3. The molecule has 0 unspecified atom stereocenters. The molecule has 0 bridgehead atoms. The smallest absolute Gasteiger partial charge is 0.341 e. The van der Waals surface area contributed by atoms with E-state index in [1.807, 2.05) is 24.3 Å². The number of hydrogen-bond donors (Lipinski definition) is 0. The molecule has 1 saturated carbocycles. The second-order valence-corrected chi connectivity index (χ2v) is 7.53. The fourth-order valence-corrected chi connectivity index (χ4v) is 3.21. The number of anilines is 1. The van der Waals surface area contributed by atoms with Gasteiger partial charge in [-0.25, -0.2) is 4.79 Å². The van der Waals surface area contributed by atoms with Crippen molar-refractivity contribution in [3.8, 4) is 5.75 Å². The molecule has 0 radical (unpaired) electrons. The third-order valence-corrected chi connectivity index (χ3v) is 5.04. The van der Waals surface area contributed by atoms with Gasteiger partial charge in [0.15, 0.2) is 6.61 Å². The number of nitrogens with zero attached hydrogens (tertiary/aromatic N) is 3. The van der Waals surface area contributed by atoms with Gasteiger partial charge in [0.1, 0.15) is 5.75 Å². The predicted molar refractivity (Wildman–Crippen MR) is 114 cm³/mol. The number of carbonyl (C=O) groups excluding carboxylic acids is 2. The third kappa shape index (κ3) is 5.50. The molecule has 0 aliphatic heterocycles. The third-order valence-electron chi connectivity index (χ3n) is 5.04. The van der Waals surface area contributed by atoms with Gasteiger partial charge in [-0.1, -0.05) is 12.1 Å². The van der Waals surface area contributed by atoms with Crippen molar-refractivity contribution in [2.24, 2.45) is 0 Å². The Kier molecular flexibility index (Phi) is 6.74. The molecule has 1 amide bonds. The van der Waals surface area contributed by atoms with Gasteiger partial charge in [0.25, 0.3) is 11.6 Å². The number of hydrogen-bond acceptors (Lipinski definition) is 7. The van der Waals surface area contributed by atoms with E-state index in [4.69, 9.17) is 9.47 Å². The van der Waals surface area contributed by atoms with Crippen molar-refractivity contribution >= 4 is 23.3 Å².